The fraction of sp³-hybridized carbons (Fsp3) is 0.333. The Balaban J connectivity index is 1.68. The highest BCUT2D eigenvalue weighted by molar-refractivity contribution is 5.97. The van der Waals surface area contributed by atoms with Crippen LogP contribution in [0.2, 0.25) is 0 Å². The zero-order chi connectivity index (χ0) is 15.8. The molecule has 0 radical (unpaired) electrons. The number of aromatic amines is 2. The molecule has 0 aliphatic carbocycles. The van der Waals surface area contributed by atoms with E-state index in [1.165, 1.54) is 0 Å². The Kier molecular flexibility index (Phi) is 3.30. The highest BCUT2D eigenvalue weighted by Crippen LogP contribution is 2.27. The van der Waals surface area contributed by atoms with Crippen LogP contribution in [0.4, 0.5) is 0 Å². The highest BCUT2D eigenvalue weighted by Gasteiger charge is 2.31. The van der Waals surface area contributed by atoms with E-state index in [1.54, 1.807) is 24.4 Å². The summed E-state index contributed by atoms with van der Waals surface area (Å²) in [6, 6.07) is 5.17. The second kappa shape index (κ2) is 5.47. The maximum absolute atomic E-state index is 13.0. The molecule has 8 heteroatoms. The molecule has 118 valence electrons. The average Bonchev–Trinajstić information content (AvgIpc) is 3.22. The third kappa shape index (κ3) is 2.36. The predicted molar refractivity (Wildman–Crippen MR) is 81.8 cm³/mol. The molecule has 1 aliphatic rings. The molecule has 0 saturated carbocycles. The molecule has 2 N–H and O–H groups in total. The van der Waals surface area contributed by atoms with E-state index in [0.717, 1.165) is 16.8 Å². The van der Waals surface area contributed by atoms with Crippen molar-refractivity contribution in [2.75, 3.05) is 19.8 Å². The van der Waals surface area contributed by atoms with E-state index in [9.17, 15) is 4.79 Å². The normalized spacial score (nSPS) is 18.5. The number of aryl methyl sites for hydroxylation is 1. The zero-order valence-corrected chi connectivity index (χ0v) is 12.6. The van der Waals surface area contributed by atoms with Crippen LogP contribution in [0.25, 0.3) is 11.0 Å². The number of H-pyrrole nitrogens is 2. The van der Waals surface area contributed by atoms with Gasteiger partial charge in [-0.2, -0.15) is 20.5 Å². The number of nitrogens with one attached hydrogen (secondary N) is 2. The van der Waals surface area contributed by atoms with Gasteiger partial charge in [-0.1, -0.05) is 0 Å². The Morgan fingerprint density at radius 2 is 2.22 bits per heavy atom. The van der Waals surface area contributed by atoms with Gasteiger partial charge >= 0.3 is 0 Å². The summed E-state index contributed by atoms with van der Waals surface area (Å²) in [4.78, 5) is 14.8. The third-order valence-electron chi connectivity index (χ3n) is 4.15. The van der Waals surface area contributed by atoms with Crippen molar-refractivity contribution in [2.24, 2.45) is 0 Å². The first-order valence-electron chi connectivity index (χ1n) is 7.43. The molecule has 1 aromatic carbocycles. The number of rotatable bonds is 2. The first kappa shape index (κ1) is 13.9. The quantitative estimate of drug-likeness (QED) is 0.740. The number of morpholine rings is 1. The smallest absolute Gasteiger partial charge is 0.254 e. The Hall–Kier alpha value is -2.74. The number of carbonyl (C=O) groups is 1. The minimum Gasteiger partial charge on any atom is -0.377 e. The summed E-state index contributed by atoms with van der Waals surface area (Å²) < 4.78 is 5.57. The van der Waals surface area contributed by atoms with E-state index in [0.29, 0.717) is 30.8 Å². The molecular weight excluding hydrogens is 296 g/mol. The number of benzene rings is 1. The summed E-state index contributed by atoms with van der Waals surface area (Å²) in [6.07, 6.45) is 1.76. The molecule has 1 saturated heterocycles. The summed E-state index contributed by atoms with van der Waals surface area (Å²) >= 11 is 0. The van der Waals surface area contributed by atoms with Crippen LogP contribution >= 0.6 is 0 Å². The van der Waals surface area contributed by atoms with Gasteiger partial charge in [-0.05, 0) is 30.7 Å². The lowest BCUT2D eigenvalue weighted by atomic mass is 10.1. The third-order valence-corrected chi connectivity index (χ3v) is 4.15. The number of aromatic nitrogens is 5. The lowest BCUT2D eigenvalue weighted by Gasteiger charge is -2.35. The Bertz CT molecular complexity index is 854. The topological polar surface area (TPSA) is 99.8 Å². The summed E-state index contributed by atoms with van der Waals surface area (Å²) in [5.74, 6) is -0.0443. The molecule has 4 rings (SSSR count). The summed E-state index contributed by atoms with van der Waals surface area (Å²) in [6.45, 7) is 3.50. The van der Waals surface area contributed by atoms with E-state index in [-0.39, 0.29) is 11.9 Å². The maximum atomic E-state index is 13.0. The number of ether oxygens (including phenoxy) is 1. The van der Waals surface area contributed by atoms with Gasteiger partial charge in [0, 0.05) is 12.1 Å². The van der Waals surface area contributed by atoms with E-state index >= 15 is 0 Å². The van der Waals surface area contributed by atoms with E-state index < -0.39 is 0 Å². The lowest BCUT2D eigenvalue weighted by molar-refractivity contribution is -0.00406. The predicted octanol–water partition coefficient (Wildman–Crippen LogP) is 1.20. The second-order valence-electron chi connectivity index (χ2n) is 5.58. The van der Waals surface area contributed by atoms with Crippen LogP contribution in [0, 0.1) is 6.92 Å². The monoisotopic (exact) mass is 312 g/mol. The van der Waals surface area contributed by atoms with Gasteiger partial charge in [-0.15, -0.1) is 0 Å². The summed E-state index contributed by atoms with van der Waals surface area (Å²) in [5.41, 5.74) is 3.95. The average molecular weight is 312 g/mol. The molecule has 23 heavy (non-hydrogen) atoms. The van der Waals surface area contributed by atoms with E-state index in [4.69, 9.17) is 4.74 Å². The molecule has 1 aliphatic heterocycles. The number of fused-ring (bicyclic) bond motifs is 1. The molecule has 1 atom stereocenters. The Morgan fingerprint density at radius 3 is 3.04 bits per heavy atom. The maximum Gasteiger partial charge on any atom is 0.254 e. The van der Waals surface area contributed by atoms with Crippen molar-refractivity contribution in [1.29, 1.82) is 0 Å². The number of hydrogen-bond acceptors (Lipinski definition) is 5. The number of carbonyl (C=O) groups excluding carboxylic acids is 1. The molecule has 3 heterocycles. The van der Waals surface area contributed by atoms with Gasteiger partial charge < -0.3 is 9.64 Å². The van der Waals surface area contributed by atoms with Crippen LogP contribution in [0.1, 0.15) is 27.7 Å². The Labute approximate surface area is 131 Å². The first-order valence-corrected chi connectivity index (χ1v) is 7.43. The molecule has 2 aromatic heterocycles. The minimum atomic E-state index is -0.160. The number of nitrogens with zero attached hydrogens (tertiary/aromatic N) is 4. The van der Waals surface area contributed by atoms with Crippen molar-refractivity contribution in [3.05, 3.63) is 41.2 Å². The van der Waals surface area contributed by atoms with Crippen molar-refractivity contribution < 1.29 is 9.53 Å². The van der Waals surface area contributed by atoms with Crippen molar-refractivity contribution in [3.8, 4) is 0 Å². The van der Waals surface area contributed by atoms with Crippen LogP contribution < -0.4 is 0 Å². The van der Waals surface area contributed by atoms with Gasteiger partial charge in [0.15, 0.2) is 0 Å². The van der Waals surface area contributed by atoms with Crippen molar-refractivity contribution in [3.63, 3.8) is 0 Å². The molecule has 8 nitrogen and oxygen atoms in total. The first-order chi connectivity index (χ1) is 11.2. The highest BCUT2D eigenvalue weighted by atomic mass is 16.5. The second-order valence-corrected chi connectivity index (χ2v) is 5.58. The summed E-state index contributed by atoms with van der Waals surface area (Å²) in [7, 11) is 0. The van der Waals surface area contributed by atoms with Crippen LogP contribution in [-0.2, 0) is 4.74 Å². The van der Waals surface area contributed by atoms with Crippen LogP contribution in [0.5, 0.6) is 0 Å². The van der Waals surface area contributed by atoms with Crippen molar-refractivity contribution in [2.45, 2.75) is 13.0 Å². The van der Waals surface area contributed by atoms with Crippen molar-refractivity contribution in [1.82, 2.24) is 30.5 Å². The SMILES string of the molecule is Cc1cn[nH]c1[C@@H]1COCCN1C(=O)c1ccc2n[nH]nc2c1. The van der Waals surface area contributed by atoms with Gasteiger partial charge in [0.2, 0.25) is 0 Å². The molecule has 3 aromatic rings. The van der Waals surface area contributed by atoms with Gasteiger partial charge in [-0.25, -0.2) is 0 Å². The van der Waals surface area contributed by atoms with Gasteiger partial charge in [0.05, 0.1) is 31.1 Å². The fourth-order valence-electron chi connectivity index (χ4n) is 2.92. The number of amides is 1. The molecular formula is C15H16N6O2. The van der Waals surface area contributed by atoms with Crippen LogP contribution in [0.15, 0.2) is 24.4 Å². The molecule has 1 fully saturated rings. The molecule has 0 spiro atoms. The molecule has 0 bridgehead atoms. The fourth-order valence-corrected chi connectivity index (χ4v) is 2.92. The molecule has 1 amide bonds. The van der Waals surface area contributed by atoms with E-state index in [2.05, 4.69) is 25.6 Å². The zero-order valence-electron chi connectivity index (χ0n) is 12.6. The Morgan fingerprint density at radius 1 is 1.35 bits per heavy atom. The summed E-state index contributed by atoms with van der Waals surface area (Å²) in [5, 5.41) is 17.7. The van der Waals surface area contributed by atoms with E-state index in [1.807, 2.05) is 11.8 Å². The van der Waals surface area contributed by atoms with Crippen molar-refractivity contribution >= 4 is 16.9 Å². The largest absolute Gasteiger partial charge is 0.377 e. The lowest BCUT2D eigenvalue weighted by Crippen LogP contribution is -2.43. The standard InChI is InChI=1S/C15H16N6O2/c1-9-7-16-19-14(9)13-8-23-5-4-21(13)15(22)10-2-3-11-12(6-10)18-20-17-11/h2-3,6-7,13H,4-5,8H2,1H3,(H,16,19)(H,17,18,20)/t13-/m0/s1. The minimum absolute atomic E-state index is 0.0443. The van der Waals surface area contributed by atoms with Crippen LogP contribution in [0.3, 0.4) is 0 Å². The van der Waals surface area contributed by atoms with Gasteiger partial charge in [-0.3, -0.25) is 9.89 Å². The molecule has 0 unspecified atom stereocenters. The number of hydrogen-bond donors (Lipinski definition) is 2. The van der Waals surface area contributed by atoms with Gasteiger partial charge in [0.25, 0.3) is 5.91 Å². The van der Waals surface area contributed by atoms with Gasteiger partial charge in [0.1, 0.15) is 11.0 Å². The van der Waals surface area contributed by atoms with Crippen LogP contribution in [-0.4, -0.2) is 56.2 Å².